The fourth-order valence-corrected chi connectivity index (χ4v) is 5.67. The van der Waals surface area contributed by atoms with Crippen molar-refractivity contribution in [3.63, 3.8) is 0 Å². The Balaban J connectivity index is 1.66. The number of thiophene rings is 1. The Hall–Kier alpha value is -3.37. The maximum Gasteiger partial charge on any atom is 0.296 e. The van der Waals surface area contributed by atoms with E-state index < -0.39 is 23.5 Å². The van der Waals surface area contributed by atoms with E-state index in [9.17, 15) is 19.9 Å². The van der Waals surface area contributed by atoms with Crippen LogP contribution in [0.1, 0.15) is 33.8 Å². The number of aliphatic hydroxyl groups excluding tert-OH is 1. The molecule has 0 saturated heterocycles. The number of Topliss-reactive ketones (excluding diaryl/α,β-unsaturated/α-hetero) is 1. The van der Waals surface area contributed by atoms with Gasteiger partial charge in [0.15, 0.2) is 16.6 Å². The van der Waals surface area contributed by atoms with Gasteiger partial charge in [-0.2, -0.15) is 5.48 Å². The minimum Gasteiger partial charge on any atom is -0.503 e. The first-order valence-corrected chi connectivity index (χ1v) is 12.0. The second kappa shape index (κ2) is 8.53. The fraction of sp³-hybridized carbons (Fsp3) is 0.125. The van der Waals surface area contributed by atoms with Crippen LogP contribution in [0, 0.1) is 0 Å². The molecule has 0 aliphatic carbocycles. The Bertz CT molecular complexity index is 1390. The molecule has 5 rings (SSSR count). The zero-order valence-electron chi connectivity index (χ0n) is 17.6. The number of aromatic nitrogens is 1. The van der Waals surface area contributed by atoms with Crippen molar-refractivity contribution in [2.24, 2.45) is 0 Å². The van der Waals surface area contributed by atoms with E-state index in [-0.39, 0.29) is 5.57 Å². The third-order valence-corrected chi connectivity index (χ3v) is 7.54. The molecule has 7 nitrogen and oxygen atoms in total. The summed E-state index contributed by atoms with van der Waals surface area (Å²) < 4.78 is 0.929. The molecule has 0 fully saturated rings. The molecular weight excluding hydrogens is 458 g/mol. The zero-order chi connectivity index (χ0) is 23.1. The SMILES string of the molecule is CCc1ccc2nc(N3C(=O)C(O)=C(C(=O)c4cccs4)C3c3ccc([NH2+]O)cc3)sc2c1. The highest BCUT2D eigenvalue weighted by atomic mass is 32.1. The van der Waals surface area contributed by atoms with Gasteiger partial charge in [-0.25, -0.2) is 10.2 Å². The van der Waals surface area contributed by atoms with E-state index in [1.54, 1.807) is 41.8 Å². The van der Waals surface area contributed by atoms with Gasteiger partial charge in [-0.3, -0.25) is 14.5 Å². The second-order valence-electron chi connectivity index (χ2n) is 7.59. The van der Waals surface area contributed by atoms with Crippen molar-refractivity contribution in [2.75, 3.05) is 4.90 Å². The number of amides is 1. The van der Waals surface area contributed by atoms with Crippen LogP contribution >= 0.6 is 22.7 Å². The van der Waals surface area contributed by atoms with E-state index in [0.29, 0.717) is 21.3 Å². The van der Waals surface area contributed by atoms with Crippen LogP contribution in [-0.2, 0) is 11.2 Å². The second-order valence-corrected chi connectivity index (χ2v) is 9.55. The molecule has 2 aromatic heterocycles. The summed E-state index contributed by atoms with van der Waals surface area (Å²) in [5.41, 5.74) is 4.13. The number of carbonyl (C=O) groups excluding carboxylic acids is 2. The Kier molecular flexibility index (Phi) is 5.55. The first-order chi connectivity index (χ1) is 16.0. The molecule has 0 saturated carbocycles. The predicted molar refractivity (Wildman–Crippen MR) is 127 cm³/mol. The quantitative estimate of drug-likeness (QED) is 0.218. The summed E-state index contributed by atoms with van der Waals surface area (Å²) >= 11 is 2.60. The molecule has 1 unspecified atom stereocenters. The van der Waals surface area contributed by atoms with Gasteiger partial charge in [0.1, 0.15) is 0 Å². The average Bonchev–Trinajstić information content (AvgIpc) is 3.57. The molecule has 0 bridgehead atoms. The molecule has 166 valence electrons. The fourth-order valence-electron chi connectivity index (χ4n) is 3.93. The summed E-state index contributed by atoms with van der Waals surface area (Å²) in [7, 11) is 0. The number of ketones is 1. The summed E-state index contributed by atoms with van der Waals surface area (Å²) in [5.74, 6) is -1.62. The Morgan fingerprint density at radius 1 is 1.18 bits per heavy atom. The van der Waals surface area contributed by atoms with E-state index in [1.807, 2.05) is 18.2 Å². The molecule has 1 aliphatic rings. The van der Waals surface area contributed by atoms with Gasteiger partial charge in [-0.1, -0.05) is 42.5 Å². The molecule has 0 radical (unpaired) electrons. The van der Waals surface area contributed by atoms with E-state index in [4.69, 9.17) is 0 Å². The Labute approximate surface area is 197 Å². The van der Waals surface area contributed by atoms with Crippen molar-refractivity contribution >= 4 is 55.4 Å². The number of rotatable bonds is 6. The highest BCUT2D eigenvalue weighted by Gasteiger charge is 2.46. The first kappa shape index (κ1) is 21.5. The lowest BCUT2D eigenvalue weighted by Gasteiger charge is -2.24. The lowest BCUT2D eigenvalue weighted by molar-refractivity contribution is -0.825. The van der Waals surface area contributed by atoms with Crippen molar-refractivity contribution in [1.29, 1.82) is 0 Å². The lowest BCUT2D eigenvalue weighted by atomic mass is 9.95. The summed E-state index contributed by atoms with van der Waals surface area (Å²) in [6.45, 7) is 2.07. The van der Waals surface area contributed by atoms with E-state index in [2.05, 4.69) is 11.9 Å². The maximum atomic E-state index is 13.4. The van der Waals surface area contributed by atoms with Crippen LogP contribution in [0.4, 0.5) is 10.8 Å². The molecule has 1 amide bonds. The van der Waals surface area contributed by atoms with Gasteiger partial charge in [-0.05, 0) is 41.1 Å². The van der Waals surface area contributed by atoms with Crippen molar-refractivity contribution < 1.29 is 25.4 Å². The number of fused-ring (bicyclic) bond motifs is 1. The van der Waals surface area contributed by atoms with Crippen LogP contribution in [-0.4, -0.2) is 27.0 Å². The van der Waals surface area contributed by atoms with Gasteiger partial charge >= 0.3 is 0 Å². The minimum absolute atomic E-state index is 0.0247. The summed E-state index contributed by atoms with van der Waals surface area (Å²) in [4.78, 5) is 33.1. The number of thiazole rings is 1. The Morgan fingerprint density at radius 2 is 1.97 bits per heavy atom. The number of nitrogens with two attached hydrogens (primary N) is 1. The topological polar surface area (TPSA) is 107 Å². The molecule has 4 N–H and O–H groups in total. The zero-order valence-corrected chi connectivity index (χ0v) is 19.2. The van der Waals surface area contributed by atoms with Crippen LogP contribution in [0.2, 0.25) is 0 Å². The summed E-state index contributed by atoms with van der Waals surface area (Å²) in [6.07, 6.45) is 0.879. The third-order valence-electron chi connectivity index (χ3n) is 5.65. The Morgan fingerprint density at radius 3 is 2.64 bits per heavy atom. The highest BCUT2D eigenvalue weighted by molar-refractivity contribution is 7.22. The van der Waals surface area contributed by atoms with Gasteiger partial charge < -0.3 is 5.11 Å². The van der Waals surface area contributed by atoms with Gasteiger partial charge in [0.2, 0.25) is 5.78 Å². The minimum atomic E-state index is -0.842. The van der Waals surface area contributed by atoms with E-state index in [1.165, 1.54) is 27.6 Å². The highest BCUT2D eigenvalue weighted by Crippen LogP contribution is 2.44. The normalized spacial score (nSPS) is 16.2. The molecule has 9 heteroatoms. The predicted octanol–water partition coefficient (Wildman–Crippen LogP) is 4.29. The number of hydrogen-bond acceptors (Lipinski definition) is 7. The maximum absolute atomic E-state index is 13.4. The first-order valence-electron chi connectivity index (χ1n) is 10.3. The monoisotopic (exact) mass is 478 g/mol. The number of quaternary nitrogens is 1. The van der Waals surface area contributed by atoms with E-state index in [0.717, 1.165) is 27.7 Å². The number of aryl methyl sites for hydroxylation is 1. The molecule has 1 aliphatic heterocycles. The molecule has 3 heterocycles. The number of aliphatic hydroxyl groups is 1. The number of hydrogen-bond donors (Lipinski definition) is 3. The van der Waals surface area contributed by atoms with Crippen molar-refractivity contribution in [3.05, 3.63) is 87.3 Å². The van der Waals surface area contributed by atoms with E-state index >= 15 is 0 Å². The van der Waals surface area contributed by atoms with Gasteiger partial charge in [0, 0.05) is 12.1 Å². The number of anilines is 1. The van der Waals surface area contributed by atoms with Crippen molar-refractivity contribution in [1.82, 2.24) is 4.98 Å². The van der Waals surface area contributed by atoms with Crippen LogP contribution in [0.3, 0.4) is 0 Å². The third kappa shape index (κ3) is 3.65. The molecule has 4 aromatic rings. The molecular formula is C24H20N3O4S2+. The largest absolute Gasteiger partial charge is 0.503 e. The molecule has 2 aromatic carbocycles. The van der Waals surface area contributed by atoms with Crippen LogP contribution < -0.4 is 10.4 Å². The molecule has 1 atom stereocenters. The van der Waals surface area contributed by atoms with Crippen molar-refractivity contribution in [3.8, 4) is 0 Å². The van der Waals surface area contributed by atoms with Crippen LogP contribution in [0.5, 0.6) is 0 Å². The lowest BCUT2D eigenvalue weighted by Crippen LogP contribution is -2.73. The number of carbonyl (C=O) groups is 2. The standard InChI is InChI=1S/C24H19N3O4S2/c1-2-13-5-10-16-18(12-13)33-24(25-16)27-20(14-6-8-15(26-31)9-7-14)19(22(29)23(27)30)21(28)17-4-3-11-32-17/h3-12,20,26,29,31H,2H2,1H3/p+1. The van der Waals surface area contributed by atoms with Gasteiger partial charge in [0.05, 0.1) is 26.7 Å². The van der Waals surface area contributed by atoms with Gasteiger partial charge in [-0.15, -0.1) is 11.3 Å². The van der Waals surface area contributed by atoms with Crippen LogP contribution in [0.15, 0.2) is 71.3 Å². The number of nitrogens with zero attached hydrogens (tertiary/aromatic N) is 2. The summed E-state index contributed by atoms with van der Waals surface area (Å²) in [5, 5.41) is 22.3. The van der Waals surface area contributed by atoms with Crippen molar-refractivity contribution in [2.45, 2.75) is 19.4 Å². The van der Waals surface area contributed by atoms with Crippen LogP contribution in [0.25, 0.3) is 10.2 Å². The van der Waals surface area contributed by atoms with Gasteiger partial charge in [0.25, 0.3) is 5.91 Å². The smallest absolute Gasteiger partial charge is 0.296 e. The molecule has 0 spiro atoms. The summed E-state index contributed by atoms with van der Waals surface area (Å²) in [6, 6.07) is 15.4. The molecule has 33 heavy (non-hydrogen) atoms. The average molecular weight is 479 g/mol. The number of benzene rings is 2.